The summed E-state index contributed by atoms with van der Waals surface area (Å²) in [6.07, 6.45) is 0. The monoisotopic (exact) mass is 268 g/mol. The van der Waals surface area contributed by atoms with Crippen molar-refractivity contribution in [3.8, 4) is 0 Å². The van der Waals surface area contributed by atoms with Crippen LogP contribution in [0.1, 0.15) is 18.1 Å². The average Bonchev–Trinajstić information content (AvgIpc) is 2.48. The van der Waals surface area contributed by atoms with E-state index in [1.807, 2.05) is 60.7 Å². The van der Waals surface area contributed by atoms with Crippen molar-refractivity contribution in [3.05, 3.63) is 71.8 Å². The molecule has 0 fully saturated rings. The van der Waals surface area contributed by atoms with Gasteiger partial charge in [-0.3, -0.25) is 4.79 Å². The Balaban J connectivity index is 2.14. The van der Waals surface area contributed by atoms with Crippen LogP contribution in [0.2, 0.25) is 0 Å². The minimum atomic E-state index is -1.01. The van der Waals surface area contributed by atoms with Crippen molar-refractivity contribution in [2.75, 3.05) is 7.05 Å². The van der Waals surface area contributed by atoms with Crippen molar-refractivity contribution in [1.82, 2.24) is 4.90 Å². The predicted molar refractivity (Wildman–Crippen MR) is 80.9 cm³/mol. The van der Waals surface area contributed by atoms with Crippen molar-refractivity contribution >= 4 is 5.91 Å². The van der Waals surface area contributed by atoms with Crippen molar-refractivity contribution in [3.63, 3.8) is 0 Å². The van der Waals surface area contributed by atoms with E-state index in [1.54, 1.807) is 18.9 Å². The highest BCUT2D eigenvalue weighted by molar-refractivity contribution is 5.86. The van der Waals surface area contributed by atoms with E-state index in [-0.39, 0.29) is 5.91 Å². The molecule has 2 aromatic carbocycles. The van der Waals surface area contributed by atoms with E-state index in [4.69, 9.17) is 5.73 Å². The molecule has 0 saturated heterocycles. The highest BCUT2D eigenvalue weighted by Crippen LogP contribution is 2.20. The van der Waals surface area contributed by atoms with Crippen LogP contribution in [0.3, 0.4) is 0 Å². The summed E-state index contributed by atoms with van der Waals surface area (Å²) >= 11 is 0. The molecule has 0 aliphatic carbocycles. The topological polar surface area (TPSA) is 46.3 Å². The molecule has 2 rings (SSSR count). The normalized spacial score (nSPS) is 13.6. The van der Waals surface area contributed by atoms with Crippen molar-refractivity contribution < 1.29 is 4.79 Å². The molecule has 2 N–H and O–H groups in total. The second-order valence-corrected chi connectivity index (χ2v) is 5.22. The van der Waals surface area contributed by atoms with E-state index < -0.39 is 5.54 Å². The van der Waals surface area contributed by atoms with Crippen LogP contribution >= 0.6 is 0 Å². The number of hydrogen-bond acceptors (Lipinski definition) is 2. The molecule has 104 valence electrons. The van der Waals surface area contributed by atoms with E-state index in [2.05, 4.69) is 0 Å². The molecule has 1 atom stereocenters. The van der Waals surface area contributed by atoms with E-state index in [1.165, 1.54) is 0 Å². The summed E-state index contributed by atoms with van der Waals surface area (Å²) in [6.45, 7) is 2.31. The van der Waals surface area contributed by atoms with Crippen LogP contribution in [0.15, 0.2) is 60.7 Å². The van der Waals surface area contributed by atoms with Gasteiger partial charge in [-0.15, -0.1) is 0 Å². The number of rotatable bonds is 4. The van der Waals surface area contributed by atoms with Crippen molar-refractivity contribution in [2.24, 2.45) is 5.73 Å². The number of likely N-dealkylation sites (N-methyl/N-ethyl adjacent to an activating group) is 1. The van der Waals surface area contributed by atoms with Crippen LogP contribution in [-0.2, 0) is 16.9 Å². The third kappa shape index (κ3) is 3.06. The minimum absolute atomic E-state index is 0.0902. The summed E-state index contributed by atoms with van der Waals surface area (Å²) in [4.78, 5) is 14.2. The minimum Gasteiger partial charge on any atom is -0.340 e. The van der Waals surface area contributed by atoms with Gasteiger partial charge in [0.1, 0.15) is 5.54 Å². The molecule has 0 aromatic heterocycles. The number of benzene rings is 2. The van der Waals surface area contributed by atoms with E-state index in [9.17, 15) is 4.79 Å². The molecule has 2 aromatic rings. The van der Waals surface area contributed by atoms with Crippen molar-refractivity contribution in [2.45, 2.75) is 19.0 Å². The van der Waals surface area contributed by atoms with E-state index >= 15 is 0 Å². The molecule has 0 aliphatic heterocycles. The molecule has 1 amide bonds. The zero-order chi connectivity index (χ0) is 14.6. The smallest absolute Gasteiger partial charge is 0.247 e. The van der Waals surface area contributed by atoms with E-state index in [0.29, 0.717) is 6.54 Å². The fourth-order valence-electron chi connectivity index (χ4n) is 2.23. The molecule has 20 heavy (non-hydrogen) atoms. The Bertz CT molecular complexity index is 564. The van der Waals surface area contributed by atoms with Crippen LogP contribution in [-0.4, -0.2) is 17.9 Å². The lowest BCUT2D eigenvalue weighted by Crippen LogP contribution is -2.49. The Morgan fingerprint density at radius 2 is 1.55 bits per heavy atom. The maximum absolute atomic E-state index is 12.6. The standard InChI is InChI=1S/C17H20N2O/c1-17(18,15-11-7-4-8-12-15)16(20)19(2)13-14-9-5-3-6-10-14/h3-12H,13,18H2,1-2H3. The van der Waals surface area contributed by atoms with Gasteiger partial charge in [0, 0.05) is 13.6 Å². The first kappa shape index (κ1) is 14.3. The number of carbonyl (C=O) groups excluding carboxylic acids is 1. The maximum atomic E-state index is 12.6. The Hall–Kier alpha value is -2.13. The summed E-state index contributed by atoms with van der Waals surface area (Å²) in [5.74, 6) is -0.0902. The molecule has 0 radical (unpaired) electrons. The zero-order valence-electron chi connectivity index (χ0n) is 11.9. The first-order chi connectivity index (χ1) is 9.51. The summed E-state index contributed by atoms with van der Waals surface area (Å²) in [6, 6.07) is 19.4. The van der Waals surface area contributed by atoms with Crippen molar-refractivity contribution in [1.29, 1.82) is 0 Å². The lowest BCUT2D eigenvalue weighted by atomic mass is 9.91. The number of nitrogens with zero attached hydrogens (tertiary/aromatic N) is 1. The van der Waals surface area contributed by atoms with Gasteiger partial charge in [0.15, 0.2) is 0 Å². The molecule has 3 nitrogen and oxygen atoms in total. The Labute approximate surface area is 120 Å². The highest BCUT2D eigenvalue weighted by Gasteiger charge is 2.32. The fraction of sp³-hybridized carbons (Fsp3) is 0.235. The maximum Gasteiger partial charge on any atom is 0.247 e. The summed E-state index contributed by atoms with van der Waals surface area (Å²) in [7, 11) is 1.78. The summed E-state index contributed by atoms with van der Waals surface area (Å²) in [5.41, 5.74) is 7.15. The second kappa shape index (κ2) is 5.88. The number of carbonyl (C=O) groups is 1. The molecule has 0 spiro atoms. The molecule has 0 heterocycles. The highest BCUT2D eigenvalue weighted by atomic mass is 16.2. The Kier molecular flexibility index (Phi) is 4.20. The number of nitrogens with two attached hydrogens (primary N) is 1. The molecule has 0 aliphatic rings. The van der Waals surface area contributed by atoms with Gasteiger partial charge in [-0.1, -0.05) is 60.7 Å². The van der Waals surface area contributed by atoms with Crippen LogP contribution < -0.4 is 5.73 Å². The van der Waals surface area contributed by atoms with Crippen LogP contribution in [0.4, 0.5) is 0 Å². The molecule has 3 heteroatoms. The molecular formula is C17H20N2O. The lowest BCUT2D eigenvalue weighted by Gasteiger charge is -2.29. The third-order valence-corrected chi connectivity index (χ3v) is 3.43. The van der Waals surface area contributed by atoms with Crippen LogP contribution in [0.5, 0.6) is 0 Å². The SMILES string of the molecule is CN(Cc1ccccc1)C(=O)C(C)(N)c1ccccc1. The Morgan fingerprint density at radius 1 is 1.05 bits per heavy atom. The fourth-order valence-corrected chi connectivity index (χ4v) is 2.23. The Morgan fingerprint density at radius 3 is 2.10 bits per heavy atom. The van der Waals surface area contributed by atoms with Crippen LogP contribution in [0, 0.1) is 0 Å². The molecule has 0 saturated carbocycles. The van der Waals surface area contributed by atoms with Gasteiger partial charge >= 0.3 is 0 Å². The van der Waals surface area contributed by atoms with Gasteiger partial charge in [0.2, 0.25) is 5.91 Å². The molecular weight excluding hydrogens is 248 g/mol. The quantitative estimate of drug-likeness (QED) is 0.926. The van der Waals surface area contributed by atoms with Gasteiger partial charge in [0.05, 0.1) is 0 Å². The largest absolute Gasteiger partial charge is 0.340 e. The molecule has 0 bridgehead atoms. The first-order valence-corrected chi connectivity index (χ1v) is 6.65. The summed E-state index contributed by atoms with van der Waals surface area (Å²) < 4.78 is 0. The number of hydrogen-bond donors (Lipinski definition) is 1. The lowest BCUT2D eigenvalue weighted by molar-refractivity contribution is -0.136. The number of amides is 1. The predicted octanol–water partition coefficient (Wildman–Crippen LogP) is 2.52. The van der Waals surface area contributed by atoms with Crippen LogP contribution in [0.25, 0.3) is 0 Å². The van der Waals surface area contributed by atoms with Gasteiger partial charge in [0.25, 0.3) is 0 Å². The average molecular weight is 268 g/mol. The first-order valence-electron chi connectivity index (χ1n) is 6.65. The molecule has 1 unspecified atom stereocenters. The second-order valence-electron chi connectivity index (χ2n) is 5.22. The van der Waals surface area contributed by atoms with E-state index in [0.717, 1.165) is 11.1 Å². The van der Waals surface area contributed by atoms with Gasteiger partial charge in [-0.2, -0.15) is 0 Å². The van der Waals surface area contributed by atoms with Gasteiger partial charge < -0.3 is 10.6 Å². The van der Waals surface area contributed by atoms with Gasteiger partial charge in [-0.05, 0) is 18.1 Å². The summed E-state index contributed by atoms with van der Waals surface area (Å²) in [5, 5.41) is 0. The third-order valence-electron chi connectivity index (χ3n) is 3.43. The zero-order valence-corrected chi connectivity index (χ0v) is 11.9. The van der Waals surface area contributed by atoms with Gasteiger partial charge in [-0.25, -0.2) is 0 Å².